The fraction of sp³-hybridized carbons (Fsp3) is 0.500. The summed E-state index contributed by atoms with van der Waals surface area (Å²) in [4.78, 5) is 11.2. The smallest absolute Gasteiger partial charge is 0.156 e. The normalized spacial score (nSPS) is 12.9. The van der Waals surface area contributed by atoms with Crippen LogP contribution < -0.4 is 0 Å². The number of carbonyl (C=O) groups is 1. The van der Waals surface area contributed by atoms with Gasteiger partial charge in [0.05, 0.1) is 11.2 Å². The average Bonchev–Trinajstić information content (AvgIpc) is 2.49. The third-order valence-corrected chi connectivity index (χ3v) is 1.98. The Morgan fingerprint density at radius 2 is 2.50 bits per heavy atom. The van der Waals surface area contributed by atoms with Gasteiger partial charge in [-0.3, -0.25) is 9.48 Å². The Bertz CT molecular complexity index is 282. The number of rotatable bonds is 3. The van der Waals surface area contributed by atoms with Gasteiger partial charge in [-0.25, -0.2) is 0 Å². The zero-order chi connectivity index (χ0) is 9.14. The van der Waals surface area contributed by atoms with Crippen LogP contribution >= 0.6 is 11.6 Å². The second kappa shape index (κ2) is 3.72. The number of carbonyl (C=O) groups excluding carboxylic acids is 1. The summed E-state index contributed by atoms with van der Waals surface area (Å²) >= 11 is 5.66. The predicted octanol–water partition coefficient (Wildman–Crippen LogP) is 2.08. The molecule has 1 heterocycles. The number of nitrogens with zero attached hydrogens (tertiary/aromatic N) is 2. The summed E-state index contributed by atoms with van der Waals surface area (Å²) in [5, 5.41) is 4.51. The molecule has 1 rings (SSSR count). The van der Waals surface area contributed by atoms with E-state index in [1.807, 2.05) is 13.8 Å². The summed E-state index contributed by atoms with van der Waals surface area (Å²) < 4.78 is 1.58. The quantitative estimate of drug-likeness (QED) is 0.725. The molecule has 1 unspecified atom stereocenters. The molecule has 0 N–H and O–H groups in total. The molecule has 1 atom stereocenters. The molecule has 1 aromatic heterocycles. The van der Waals surface area contributed by atoms with Crippen molar-refractivity contribution in [2.75, 3.05) is 0 Å². The molecule has 1 aromatic rings. The minimum Gasteiger partial charge on any atom is -0.297 e. The molecule has 4 heteroatoms. The number of hydrogen-bond acceptors (Lipinski definition) is 2. The Morgan fingerprint density at radius 3 is 2.92 bits per heavy atom. The molecule has 66 valence electrons. The van der Waals surface area contributed by atoms with Gasteiger partial charge in [-0.1, -0.05) is 18.5 Å². The molecule has 0 amide bonds. The lowest BCUT2D eigenvalue weighted by Gasteiger charge is -2.08. The van der Waals surface area contributed by atoms with Crippen molar-refractivity contribution >= 4 is 17.4 Å². The second-order valence-corrected chi connectivity index (χ2v) is 3.07. The minimum absolute atomic E-state index is 0.162. The number of ketones is 1. The Morgan fingerprint density at radius 1 is 1.83 bits per heavy atom. The first kappa shape index (κ1) is 9.26. The maximum Gasteiger partial charge on any atom is 0.156 e. The summed E-state index contributed by atoms with van der Waals surface area (Å²) in [6, 6.07) is -0.206. The van der Waals surface area contributed by atoms with Crippen LogP contribution in [0.15, 0.2) is 12.4 Å². The van der Waals surface area contributed by atoms with Crippen molar-refractivity contribution in [1.29, 1.82) is 0 Å². The van der Waals surface area contributed by atoms with Gasteiger partial charge >= 0.3 is 0 Å². The number of halogens is 1. The zero-order valence-electron chi connectivity index (χ0n) is 7.12. The van der Waals surface area contributed by atoms with Crippen LogP contribution in [0.25, 0.3) is 0 Å². The van der Waals surface area contributed by atoms with E-state index >= 15 is 0 Å². The van der Waals surface area contributed by atoms with E-state index in [0.29, 0.717) is 11.4 Å². The molecule has 0 aliphatic carbocycles. The van der Waals surface area contributed by atoms with Crippen molar-refractivity contribution in [2.45, 2.75) is 26.3 Å². The number of aromatic nitrogens is 2. The molecule has 12 heavy (non-hydrogen) atoms. The third kappa shape index (κ3) is 1.85. The third-order valence-electron chi connectivity index (χ3n) is 1.78. The Kier molecular flexibility index (Phi) is 2.87. The molecule has 0 saturated heterocycles. The van der Waals surface area contributed by atoms with Gasteiger partial charge in [0.1, 0.15) is 6.04 Å². The Balaban J connectivity index is 2.77. The Hall–Kier alpha value is -0.830. The fourth-order valence-corrected chi connectivity index (χ4v) is 1.11. The van der Waals surface area contributed by atoms with E-state index in [-0.39, 0.29) is 11.8 Å². The topological polar surface area (TPSA) is 34.9 Å². The van der Waals surface area contributed by atoms with Gasteiger partial charge in [0, 0.05) is 12.6 Å². The van der Waals surface area contributed by atoms with Crippen LogP contribution in [0.1, 0.15) is 26.3 Å². The van der Waals surface area contributed by atoms with Gasteiger partial charge in [-0.15, -0.1) is 0 Å². The van der Waals surface area contributed by atoms with Crippen LogP contribution in [-0.2, 0) is 4.79 Å². The summed E-state index contributed by atoms with van der Waals surface area (Å²) in [5.74, 6) is 0.162. The maximum atomic E-state index is 11.2. The summed E-state index contributed by atoms with van der Waals surface area (Å²) in [5.41, 5.74) is 0. The van der Waals surface area contributed by atoms with E-state index in [4.69, 9.17) is 11.6 Å². The lowest BCUT2D eigenvalue weighted by molar-refractivity contribution is -0.121. The number of Topliss-reactive ketones (excluding diaryl/α,β-unsaturated/α-hetero) is 1. The molecule has 0 aromatic carbocycles. The first-order chi connectivity index (χ1) is 5.65. The van der Waals surface area contributed by atoms with E-state index in [1.165, 1.54) is 6.20 Å². The van der Waals surface area contributed by atoms with Gasteiger partial charge in [-0.05, 0) is 6.92 Å². The minimum atomic E-state index is -0.206. The van der Waals surface area contributed by atoms with Crippen molar-refractivity contribution in [3.8, 4) is 0 Å². The van der Waals surface area contributed by atoms with Crippen LogP contribution in [0, 0.1) is 0 Å². The molecular weight excluding hydrogens is 176 g/mol. The fourth-order valence-electron chi connectivity index (χ4n) is 0.970. The highest BCUT2D eigenvalue weighted by Crippen LogP contribution is 2.12. The van der Waals surface area contributed by atoms with Gasteiger partial charge < -0.3 is 0 Å². The average molecular weight is 187 g/mol. The molecule has 0 saturated carbocycles. The molecule has 0 aliphatic rings. The van der Waals surface area contributed by atoms with Gasteiger partial charge in [-0.2, -0.15) is 5.10 Å². The van der Waals surface area contributed by atoms with E-state index < -0.39 is 0 Å². The van der Waals surface area contributed by atoms with Crippen molar-refractivity contribution < 1.29 is 4.79 Å². The summed E-state index contributed by atoms with van der Waals surface area (Å²) in [6.07, 6.45) is 3.71. The first-order valence-electron chi connectivity index (χ1n) is 3.87. The van der Waals surface area contributed by atoms with Gasteiger partial charge in [0.2, 0.25) is 0 Å². The summed E-state index contributed by atoms with van der Waals surface area (Å²) in [7, 11) is 0. The van der Waals surface area contributed by atoms with Crippen molar-refractivity contribution in [3.05, 3.63) is 17.4 Å². The second-order valence-electron chi connectivity index (χ2n) is 2.63. The van der Waals surface area contributed by atoms with Crippen molar-refractivity contribution in [1.82, 2.24) is 9.78 Å². The van der Waals surface area contributed by atoms with Crippen LogP contribution in [0.5, 0.6) is 0 Å². The van der Waals surface area contributed by atoms with E-state index in [2.05, 4.69) is 5.10 Å². The highest BCUT2D eigenvalue weighted by Gasteiger charge is 2.12. The van der Waals surface area contributed by atoms with Crippen molar-refractivity contribution in [2.24, 2.45) is 0 Å². The van der Waals surface area contributed by atoms with Crippen molar-refractivity contribution in [3.63, 3.8) is 0 Å². The predicted molar refractivity (Wildman–Crippen MR) is 47.2 cm³/mol. The SMILES string of the molecule is CCC(=O)C(C)n1cc(Cl)cn1. The molecular formula is C8H11ClN2O. The Labute approximate surface area is 76.3 Å². The van der Waals surface area contributed by atoms with Crippen LogP contribution in [0.3, 0.4) is 0 Å². The van der Waals surface area contributed by atoms with Crippen LogP contribution in [-0.4, -0.2) is 15.6 Å². The lowest BCUT2D eigenvalue weighted by atomic mass is 10.2. The highest BCUT2D eigenvalue weighted by molar-refractivity contribution is 6.30. The largest absolute Gasteiger partial charge is 0.297 e. The zero-order valence-corrected chi connectivity index (χ0v) is 7.88. The van der Waals surface area contributed by atoms with E-state index in [1.54, 1.807) is 10.9 Å². The van der Waals surface area contributed by atoms with Gasteiger partial charge in [0.15, 0.2) is 5.78 Å². The highest BCUT2D eigenvalue weighted by atomic mass is 35.5. The van der Waals surface area contributed by atoms with Crippen LogP contribution in [0.2, 0.25) is 5.02 Å². The molecule has 3 nitrogen and oxygen atoms in total. The maximum absolute atomic E-state index is 11.2. The summed E-state index contributed by atoms with van der Waals surface area (Å²) in [6.45, 7) is 3.65. The number of hydrogen-bond donors (Lipinski definition) is 0. The molecule has 0 spiro atoms. The van der Waals surface area contributed by atoms with E-state index in [0.717, 1.165) is 0 Å². The molecule has 0 radical (unpaired) electrons. The monoisotopic (exact) mass is 186 g/mol. The molecule has 0 fully saturated rings. The first-order valence-corrected chi connectivity index (χ1v) is 4.25. The van der Waals surface area contributed by atoms with Crippen LogP contribution in [0.4, 0.5) is 0 Å². The van der Waals surface area contributed by atoms with E-state index in [9.17, 15) is 4.79 Å². The molecule has 0 bridgehead atoms. The van der Waals surface area contributed by atoms with Gasteiger partial charge in [0.25, 0.3) is 0 Å². The standard InChI is InChI=1S/C8H11ClN2O/c1-3-8(12)6(2)11-5-7(9)4-10-11/h4-6H,3H2,1-2H3. The molecule has 0 aliphatic heterocycles. The lowest BCUT2D eigenvalue weighted by Crippen LogP contribution is -2.15.